The molecule has 1 atom stereocenters. The number of nitrogens with zero attached hydrogens (tertiary/aromatic N) is 6. The maximum absolute atomic E-state index is 11.4. The number of anilines is 1. The Bertz CT molecular complexity index is 967. The number of rotatable bonds is 3. The summed E-state index contributed by atoms with van der Waals surface area (Å²) in [5, 5.41) is 8.47. The molecular formula is C18H21N7O. The van der Waals surface area contributed by atoms with Gasteiger partial charge in [-0.05, 0) is 25.5 Å². The molecule has 3 aromatic heterocycles. The van der Waals surface area contributed by atoms with E-state index in [4.69, 9.17) is 9.97 Å². The van der Waals surface area contributed by atoms with Crippen molar-refractivity contribution in [3.63, 3.8) is 0 Å². The first-order valence-corrected chi connectivity index (χ1v) is 8.67. The molecule has 8 nitrogen and oxygen atoms in total. The molecule has 0 aromatic carbocycles. The fourth-order valence-electron chi connectivity index (χ4n) is 3.51. The Hall–Kier alpha value is -3.03. The van der Waals surface area contributed by atoms with Crippen molar-refractivity contribution < 1.29 is 4.79 Å². The first-order valence-electron chi connectivity index (χ1n) is 8.67. The Kier molecular flexibility index (Phi) is 4.02. The molecule has 1 aliphatic rings. The molecule has 4 rings (SSSR count). The Morgan fingerprint density at radius 1 is 1.31 bits per heavy atom. The highest BCUT2D eigenvalue weighted by Crippen LogP contribution is 2.31. The lowest BCUT2D eigenvalue weighted by molar-refractivity contribution is -0.119. The number of amides is 1. The fraction of sp³-hybridized carbons (Fsp3) is 0.389. The van der Waals surface area contributed by atoms with E-state index in [2.05, 4.69) is 20.3 Å². The number of pyridine rings is 1. The summed E-state index contributed by atoms with van der Waals surface area (Å²) >= 11 is 0. The minimum Gasteiger partial charge on any atom is -0.354 e. The van der Waals surface area contributed by atoms with Crippen molar-refractivity contribution in [2.45, 2.75) is 26.3 Å². The molecule has 1 fully saturated rings. The van der Waals surface area contributed by atoms with Gasteiger partial charge in [-0.15, -0.1) is 0 Å². The van der Waals surface area contributed by atoms with E-state index in [0.717, 1.165) is 47.7 Å². The number of fused-ring (bicyclic) bond motifs is 1. The average molecular weight is 351 g/mol. The predicted octanol–water partition coefficient (Wildman–Crippen LogP) is 1.45. The SMILES string of the molecule is CC(=O)N[C@@H]1CCN(c2nc(-c3ccccn3)nc3c2c(C)nn3C)C1. The standard InChI is InChI=1S/C18H21N7O/c1-11-15-17(24(3)23-11)21-16(14-6-4-5-8-19-14)22-18(15)25-9-7-13(10-25)20-12(2)26/h4-6,8,13H,7,9-10H2,1-3H3,(H,20,26)/t13-/m1/s1. The van der Waals surface area contributed by atoms with Gasteiger partial charge in [0.2, 0.25) is 5.91 Å². The van der Waals surface area contributed by atoms with Crippen LogP contribution in [0.15, 0.2) is 24.4 Å². The van der Waals surface area contributed by atoms with Gasteiger partial charge >= 0.3 is 0 Å². The highest BCUT2D eigenvalue weighted by Gasteiger charge is 2.28. The monoisotopic (exact) mass is 351 g/mol. The van der Waals surface area contributed by atoms with Gasteiger partial charge in [-0.1, -0.05) is 6.07 Å². The maximum Gasteiger partial charge on any atom is 0.217 e. The number of carbonyl (C=O) groups excluding carboxylic acids is 1. The van der Waals surface area contributed by atoms with Gasteiger partial charge < -0.3 is 10.2 Å². The van der Waals surface area contributed by atoms with E-state index >= 15 is 0 Å². The van der Waals surface area contributed by atoms with Crippen molar-refractivity contribution in [3.8, 4) is 11.5 Å². The fourth-order valence-corrected chi connectivity index (χ4v) is 3.51. The van der Waals surface area contributed by atoms with Crippen molar-refractivity contribution in [1.82, 2.24) is 30.0 Å². The number of hydrogen-bond donors (Lipinski definition) is 1. The summed E-state index contributed by atoms with van der Waals surface area (Å²) in [5.74, 6) is 1.43. The zero-order valence-corrected chi connectivity index (χ0v) is 15.1. The van der Waals surface area contributed by atoms with Crippen LogP contribution in [0.3, 0.4) is 0 Å². The van der Waals surface area contributed by atoms with E-state index in [1.165, 1.54) is 0 Å². The molecule has 1 aliphatic heterocycles. The largest absolute Gasteiger partial charge is 0.354 e. The van der Waals surface area contributed by atoms with Crippen LogP contribution in [0.1, 0.15) is 19.0 Å². The second kappa shape index (κ2) is 6.36. The molecule has 0 aliphatic carbocycles. The molecule has 0 radical (unpaired) electrons. The molecule has 134 valence electrons. The zero-order chi connectivity index (χ0) is 18.3. The quantitative estimate of drug-likeness (QED) is 0.768. The molecule has 0 bridgehead atoms. The van der Waals surface area contributed by atoms with E-state index in [-0.39, 0.29) is 11.9 Å². The van der Waals surface area contributed by atoms with Gasteiger partial charge in [-0.3, -0.25) is 14.5 Å². The second-order valence-corrected chi connectivity index (χ2v) is 6.63. The van der Waals surface area contributed by atoms with Gasteiger partial charge in [0.15, 0.2) is 11.5 Å². The van der Waals surface area contributed by atoms with Crippen molar-refractivity contribution in [1.29, 1.82) is 0 Å². The Labute approximate surface area is 151 Å². The topological polar surface area (TPSA) is 88.8 Å². The minimum atomic E-state index is -0.00332. The van der Waals surface area contributed by atoms with Crippen LogP contribution in [0.25, 0.3) is 22.6 Å². The van der Waals surface area contributed by atoms with Gasteiger partial charge in [0.25, 0.3) is 0 Å². The molecule has 0 spiro atoms. The number of aromatic nitrogens is 5. The van der Waals surface area contributed by atoms with Crippen LogP contribution in [-0.2, 0) is 11.8 Å². The molecule has 26 heavy (non-hydrogen) atoms. The van der Waals surface area contributed by atoms with E-state index in [1.54, 1.807) is 17.8 Å². The van der Waals surface area contributed by atoms with Gasteiger partial charge in [-0.25, -0.2) is 9.97 Å². The van der Waals surface area contributed by atoms with Crippen LogP contribution in [0.5, 0.6) is 0 Å². The van der Waals surface area contributed by atoms with E-state index < -0.39 is 0 Å². The van der Waals surface area contributed by atoms with Crippen molar-refractivity contribution in [2.75, 3.05) is 18.0 Å². The first-order chi connectivity index (χ1) is 12.5. The smallest absolute Gasteiger partial charge is 0.217 e. The second-order valence-electron chi connectivity index (χ2n) is 6.63. The van der Waals surface area contributed by atoms with E-state index in [9.17, 15) is 4.79 Å². The third kappa shape index (κ3) is 2.87. The normalized spacial score (nSPS) is 17.0. The summed E-state index contributed by atoms with van der Waals surface area (Å²) in [5.41, 5.74) is 2.41. The van der Waals surface area contributed by atoms with Crippen LogP contribution in [0, 0.1) is 6.92 Å². The Morgan fingerprint density at radius 2 is 2.15 bits per heavy atom. The van der Waals surface area contributed by atoms with Gasteiger partial charge in [0.05, 0.1) is 11.1 Å². The van der Waals surface area contributed by atoms with Gasteiger partial charge in [0.1, 0.15) is 11.5 Å². The third-order valence-electron chi connectivity index (χ3n) is 4.63. The van der Waals surface area contributed by atoms with Crippen LogP contribution >= 0.6 is 0 Å². The first kappa shape index (κ1) is 16.4. The van der Waals surface area contributed by atoms with Crippen molar-refractivity contribution in [2.24, 2.45) is 7.05 Å². The summed E-state index contributed by atoms with van der Waals surface area (Å²) in [6.45, 7) is 5.07. The molecule has 1 N–H and O–H groups in total. The van der Waals surface area contributed by atoms with E-state index in [1.807, 2.05) is 32.2 Å². The molecular weight excluding hydrogens is 330 g/mol. The Morgan fingerprint density at radius 3 is 2.88 bits per heavy atom. The molecule has 0 saturated carbocycles. The van der Waals surface area contributed by atoms with Crippen LogP contribution in [-0.4, -0.2) is 49.8 Å². The molecule has 8 heteroatoms. The third-order valence-corrected chi connectivity index (χ3v) is 4.63. The number of carbonyl (C=O) groups is 1. The van der Waals surface area contributed by atoms with Gasteiger partial charge in [0, 0.05) is 39.3 Å². The van der Waals surface area contributed by atoms with E-state index in [0.29, 0.717) is 5.82 Å². The summed E-state index contributed by atoms with van der Waals surface area (Å²) in [7, 11) is 1.89. The maximum atomic E-state index is 11.4. The van der Waals surface area contributed by atoms with Gasteiger partial charge in [-0.2, -0.15) is 5.10 Å². The number of aryl methyl sites for hydroxylation is 2. The lowest BCUT2D eigenvalue weighted by Crippen LogP contribution is -2.35. The molecule has 1 amide bonds. The summed E-state index contributed by atoms with van der Waals surface area (Å²) < 4.78 is 1.78. The van der Waals surface area contributed by atoms with Crippen molar-refractivity contribution >= 4 is 22.8 Å². The predicted molar refractivity (Wildman–Crippen MR) is 98.7 cm³/mol. The Balaban J connectivity index is 1.81. The molecule has 0 unspecified atom stereocenters. The lowest BCUT2D eigenvalue weighted by atomic mass is 10.2. The number of nitrogens with one attached hydrogen (secondary N) is 1. The van der Waals surface area contributed by atoms with Crippen LogP contribution in [0.4, 0.5) is 5.82 Å². The highest BCUT2D eigenvalue weighted by atomic mass is 16.1. The highest BCUT2D eigenvalue weighted by molar-refractivity contribution is 5.91. The van der Waals surface area contributed by atoms with Crippen LogP contribution < -0.4 is 10.2 Å². The van der Waals surface area contributed by atoms with Crippen molar-refractivity contribution in [3.05, 3.63) is 30.1 Å². The minimum absolute atomic E-state index is 0.00332. The molecule has 1 saturated heterocycles. The average Bonchev–Trinajstić information content (AvgIpc) is 3.19. The lowest BCUT2D eigenvalue weighted by Gasteiger charge is -2.19. The molecule has 4 heterocycles. The summed E-state index contributed by atoms with van der Waals surface area (Å²) in [6.07, 6.45) is 2.63. The number of hydrogen-bond acceptors (Lipinski definition) is 6. The zero-order valence-electron chi connectivity index (χ0n) is 15.1. The molecule has 3 aromatic rings. The summed E-state index contributed by atoms with van der Waals surface area (Å²) in [4.78, 5) is 27.5. The van der Waals surface area contributed by atoms with Crippen LogP contribution in [0.2, 0.25) is 0 Å². The summed E-state index contributed by atoms with van der Waals surface area (Å²) in [6, 6.07) is 5.83.